The fraction of sp³-hybridized carbons (Fsp3) is 0.550. The van der Waals surface area contributed by atoms with Crippen LogP contribution in [-0.4, -0.2) is 53.4 Å². The van der Waals surface area contributed by atoms with Gasteiger partial charge in [0.2, 0.25) is 17.4 Å². The van der Waals surface area contributed by atoms with Gasteiger partial charge in [-0.1, -0.05) is 23.7 Å². The lowest BCUT2D eigenvalue weighted by Crippen LogP contribution is -2.98. The highest BCUT2D eigenvalue weighted by atomic mass is 35.5. The van der Waals surface area contributed by atoms with Crippen molar-refractivity contribution in [2.45, 2.75) is 31.8 Å². The van der Waals surface area contributed by atoms with Crippen LogP contribution in [0.15, 0.2) is 24.3 Å². The van der Waals surface area contributed by atoms with E-state index in [-0.39, 0.29) is 24.5 Å². The van der Waals surface area contributed by atoms with E-state index in [1.54, 1.807) is 37.7 Å². The zero-order valence-electron chi connectivity index (χ0n) is 16.3. The molecule has 0 radical (unpaired) electrons. The van der Waals surface area contributed by atoms with Crippen LogP contribution in [0.25, 0.3) is 0 Å². The lowest BCUT2D eigenvalue weighted by atomic mass is 9.78. The molecule has 6 nitrogen and oxygen atoms in total. The smallest absolute Gasteiger partial charge is 0.368 e. The molecule has 8 heteroatoms. The number of imide groups is 1. The summed E-state index contributed by atoms with van der Waals surface area (Å²) in [4.78, 5) is 40.7. The summed E-state index contributed by atoms with van der Waals surface area (Å²) >= 11 is 7.64. The molecule has 2 heterocycles. The molecule has 2 aliphatic heterocycles. The predicted octanol–water partition coefficient (Wildman–Crippen LogP) is 1.63. The number of carbonyl (C=O) groups excluding carboxylic acids is 3. The second-order valence-electron chi connectivity index (χ2n) is 7.17. The topological polar surface area (TPSA) is 80.3 Å². The molecule has 1 aromatic carbocycles. The number of thioether (sulfide) groups is 1. The number of esters is 1. The Morgan fingerprint density at radius 3 is 2.50 bits per heavy atom. The molecule has 2 aliphatic rings. The van der Waals surface area contributed by atoms with Crippen molar-refractivity contribution in [1.82, 2.24) is 4.90 Å². The molecule has 2 saturated heterocycles. The molecule has 28 heavy (non-hydrogen) atoms. The Hall–Kier alpha value is -1.57. The summed E-state index contributed by atoms with van der Waals surface area (Å²) in [6.07, 6.45) is 2.43. The summed E-state index contributed by atoms with van der Waals surface area (Å²) in [5, 5.41) is 2.50. The number of ether oxygens (including phenoxy) is 1. The van der Waals surface area contributed by atoms with Crippen molar-refractivity contribution in [2.75, 3.05) is 25.2 Å². The largest absolute Gasteiger partial charge is 0.461 e. The number of hydrogen-bond donors (Lipinski definition) is 1. The monoisotopic (exact) mass is 425 g/mol. The average molecular weight is 426 g/mol. The maximum absolute atomic E-state index is 13.2. The first-order valence-electron chi connectivity index (χ1n) is 9.54. The zero-order valence-corrected chi connectivity index (χ0v) is 17.9. The number of benzene rings is 1. The number of carbonyl (C=O) groups is 3. The third-order valence-electron chi connectivity index (χ3n) is 5.81. The van der Waals surface area contributed by atoms with E-state index in [4.69, 9.17) is 16.3 Å². The third kappa shape index (κ3) is 3.33. The minimum Gasteiger partial charge on any atom is -0.461 e. The Morgan fingerprint density at radius 2 is 1.93 bits per heavy atom. The van der Waals surface area contributed by atoms with Crippen LogP contribution in [-0.2, 0) is 19.1 Å². The normalized spacial score (nSPS) is 29.3. The molecule has 2 amide bonds. The van der Waals surface area contributed by atoms with Crippen molar-refractivity contribution in [3.63, 3.8) is 0 Å². The van der Waals surface area contributed by atoms with Gasteiger partial charge in [0, 0.05) is 23.6 Å². The van der Waals surface area contributed by atoms with Gasteiger partial charge in [-0.15, -0.1) is 0 Å². The molecule has 0 bridgehead atoms. The van der Waals surface area contributed by atoms with Crippen LogP contribution in [0.2, 0.25) is 5.02 Å². The Morgan fingerprint density at radius 1 is 1.25 bits per heavy atom. The van der Waals surface area contributed by atoms with Gasteiger partial charge >= 0.3 is 5.97 Å². The van der Waals surface area contributed by atoms with Gasteiger partial charge in [0.1, 0.15) is 17.9 Å². The van der Waals surface area contributed by atoms with Gasteiger partial charge in [0.15, 0.2) is 0 Å². The maximum Gasteiger partial charge on any atom is 0.368 e. The SMILES string of the molecule is CCOC(=O)[C@]1(CCSC)[NH2+][C@@H](c2ccc(Cl)cc2)[C@@H]2C(=O)N(CC)C(=O)[C@H]21. The van der Waals surface area contributed by atoms with Crippen LogP contribution in [0.3, 0.4) is 0 Å². The lowest BCUT2D eigenvalue weighted by Gasteiger charge is -2.29. The van der Waals surface area contributed by atoms with Crippen molar-refractivity contribution in [3.05, 3.63) is 34.9 Å². The zero-order chi connectivity index (χ0) is 20.5. The van der Waals surface area contributed by atoms with Crippen LogP contribution in [0.1, 0.15) is 31.9 Å². The van der Waals surface area contributed by atoms with Gasteiger partial charge in [0.05, 0.1) is 6.61 Å². The predicted molar refractivity (Wildman–Crippen MR) is 108 cm³/mol. The minimum absolute atomic E-state index is 0.205. The summed E-state index contributed by atoms with van der Waals surface area (Å²) in [7, 11) is 0. The molecular formula is C20H26ClN2O4S+. The summed E-state index contributed by atoms with van der Waals surface area (Å²) in [6, 6.07) is 6.93. The number of nitrogens with zero attached hydrogens (tertiary/aromatic N) is 1. The van der Waals surface area contributed by atoms with Crippen molar-refractivity contribution < 1.29 is 24.4 Å². The van der Waals surface area contributed by atoms with Gasteiger partial charge in [-0.3, -0.25) is 14.5 Å². The van der Waals surface area contributed by atoms with E-state index in [9.17, 15) is 14.4 Å². The van der Waals surface area contributed by atoms with Gasteiger partial charge in [-0.05, 0) is 38.0 Å². The van der Waals surface area contributed by atoms with Crippen LogP contribution in [0, 0.1) is 11.8 Å². The highest BCUT2D eigenvalue weighted by molar-refractivity contribution is 7.98. The molecule has 0 aromatic heterocycles. The van der Waals surface area contributed by atoms with Crippen LogP contribution in [0.5, 0.6) is 0 Å². The van der Waals surface area contributed by atoms with Gasteiger partial charge in [-0.2, -0.15) is 11.8 Å². The van der Waals surface area contributed by atoms with E-state index in [2.05, 4.69) is 0 Å². The van der Waals surface area contributed by atoms with Crippen LogP contribution in [0.4, 0.5) is 0 Å². The first kappa shape index (κ1) is 21.1. The Bertz CT molecular complexity index is 772. The number of fused-ring (bicyclic) bond motifs is 1. The highest BCUT2D eigenvalue weighted by Crippen LogP contribution is 2.46. The van der Waals surface area contributed by atoms with Crippen molar-refractivity contribution in [3.8, 4) is 0 Å². The number of hydrogen-bond acceptors (Lipinski definition) is 5. The quantitative estimate of drug-likeness (QED) is 0.530. The number of rotatable bonds is 7. The van der Waals surface area contributed by atoms with Gasteiger partial charge in [0.25, 0.3) is 0 Å². The number of likely N-dealkylation sites (tertiary alicyclic amines) is 1. The first-order valence-corrected chi connectivity index (χ1v) is 11.3. The fourth-order valence-corrected chi connectivity index (χ4v) is 5.22. The Labute approximate surface area is 174 Å². The Balaban J connectivity index is 2.11. The molecule has 0 unspecified atom stereocenters. The van der Waals surface area contributed by atoms with E-state index >= 15 is 0 Å². The van der Waals surface area contributed by atoms with E-state index in [1.165, 1.54) is 4.90 Å². The van der Waals surface area contributed by atoms with Gasteiger partial charge < -0.3 is 10.1 Å². The van der Waals surface area contributed by atoms with Gasteiger partial charge in [-0.25, -0.2) is 4.79 Å². The van der Waals surface area contributed by atoms with Crippen LogP contribution < -0.4 is 5.32 Å². The van der Waals surface area contributed by atoms with E-state index in [0.29, 0.717) is 23.7 Å². The second-order valence-corrected chi connectivity index (χ2v) is 8.59. The lowest BCUT2D eigenvalue weighted by molar-refractivity contribution is -0.734. The second kappa shape index (κ2) is 8.43. The number of nitrogens with two attached hydrogens (primary N) is 1. The molecule has 1 aromatic rings. The molecular weight excluding hydrogens is 400 g/mol. The number of amides is 2. The standard InChI is InChI=1S/C20H25ClN2O4S/c1-4-23-17(24)14-15(18(23)25)20(10-11-28-3,19(26)27-5-2)22-16(14)12-6-8-13(21)9-7-12/h6-9,14-16,22H,4-5,10-11H2,1-3H3/p+1/t14-,15+,16+,20-/m1/s1. The van der Waals surface area contributed by atoms with E-state index < -0.39 is 23.3 Å². The maximum atomic E-state index is 13.2. The number of quaternary nitrogens is 1. The molecule has 0 aliphatic carbocycles. The third-order valence-corrected chi connectivity index (χ3v) is 6.67. The average Bonchev–Trinajstić information content (AvgIpc) is 3.15. The molecule has 4 atom stereocenters. The molecule has 2 N–H and O–H groups in total. The molecule has 0 saturated carbocycles. The van der Waals surface area contributed by atoms with E-state index in [0.717, 1.165) is 5.56 Å². The van der Waals surface area contributed by atoms with E-state index in [1.807, 2.05) is 23.7 Å². The summed E-state index contributed by atoms with van der Waals surface area (Å²) in [5.41, 5.74) is -0.209. The van der Waals surface area contributed by atoms with Crippen LogP contribution >= 0.6 is 23.4 Å². The molecule has 2 fully saturated rings. The molecule has 3 rings (SSSR count). The molecule has 0 spiro atoms. The minimum atomic E-state index is -1.09. The van der Waals surface area contributed by atoms with Crippen molar-refractivity contribution in [1.29, 1.82) is 0 Å². The summed E-state index contributed by atoms with van der Waals surface area (Å²) < 4.78 is 5.41. The fourth-order valence-electron chi connectivity index (χ4n) is 4.55. The van der Waals surface area contributed by atoms with Crippen molar-refractivity contribution >= 4 is 41.1 Å². The Kier molecular flexibility index (Phi) is 6.37. The summed E-state index contributed by atoms with van der Waals surface area (Å²) in [5.74, 6) is -1.48. The first-order chi connectivity index (χ1) is 13.4. The molecule has 152 valence electrons. The van der Waals surface area contributed by atoms with Crippen molar-refractivity contribution in [2.24, 2.45) is 11.8 Å². The number of halogens is 1. The highest BCUT2D eigenvalue weighted by Gasteiger charge is 2.72. The summed E-state index contributed by atoms with van der Waals surface area (Å²) in [6.45, 7) is 4.07.